The Balaban J connectivity index is 2.06. The van der Waals surface area contributed by atoms with Crippen LogP contribution >= 0.6 is 27.5 Å². The number of nitrogens with one attached hydrogen (secondary N) is 2. The van der Waals surface area contributed by atoms with Gasteiger partial charge in [-0.15, -0.1) is 0 Å². The number of fused-ring (bicyclic) bond motifs is 1. The molecule has 0 bridgehead atoms. The number of benzene rings is 1. The number of carbonyl (C=O) groups excluding carboxylic acids is 1. The van der Waals surface area contributed by atoms with Gasteiger partial charge in [0.25, 0.3) is 0 Å². The zero-order chi connectivity index (χ0) is 16.8. The van der Waals surface area contributed by atoms with Gasteiger partial charge in [0, 0.05) is 22.9 Å². The molecule has 124 valence electrons. The fourth-order valence-corrected chi connectivity index (χ4v) is 2.86. The zero-order valence-corrected chi connectivity index (χ0v) is 15.5. The molecule has 7 heteroatoms. The van der Waals surface area contributed by atoms with Crippen molar-refractivity contribution >= 4 is 50.2 Å². The second kappa shape index (κ2) is 8.47. The SMILES string of the molecule is CCN(CC)CCNC(=O)Nc1cc(Cl)nc2ccc(Br)cc12. The number of aromatic nitrogens is 1. The molecule has 0 aliphatic rings. The van der Waals surface area contributed by atoms with Gasteiger partial charge < -0.3 is 15.5 Å². The Morgan fingerprint density at radius 3 is 2.74 bits per heavy atom. The summed E-state index contributed by atoms with van der Waals surface area (Å²) in [6, 6.07) is 7.06. The highest BCUT2D eigenvalue weighted by molar-refractivity contribution is 9.10. The van der Waals surface area contributed by atoms with Crippen LogP contribution in [-0.2, 0) is 0 Å². The maximum atomic E-state index is 12.1. The maximum absolute atomic E-state index is 12.1. The molecule has 0 aliphatic heterocycles. The molecule has 0 saturated heterocycles. The van der Waals surface area contributed by atoms with E-state index in [2.05, 4.69) is 50.3 Å². The van der Waals surface area contributed by atoms with E-state index in [1.807, 2.05) is 18.2 Å². The molecule has 0 saturated carbocycles. The average molecular weight is 400 g/mol. The number of pyridine rings is 1. The molecule has 1 heterocycles. The van der Waals surface area contributed by atoms with Gasteiger partial charge in [-0.05, 0) is 37.4 Å². The van der Waals surface area contributed by atoms with Gasteiger partial charge in [-0.1, -0.05) is 41.4 Å². The Morgan fingerprint density at radius 1 is 1.30 bits per heavy atom. The first-order chi connectivity index (χ1) is 11.0. The second-order valence-corrected chi connectivity index (χ2v) is 6.36. The zero-order valence-electron chi connectivity index (χ0n) is 13.2. The molecule has 23 heavy (non-hydrogen) atoms. The van der Waals surface area contributed by atoms with Crippen LogP contribution in [0.2, 0.25) is 5.15 Å². The highest BCUT2D eigenvalue weighted by atomic mass is 79.9. The van der Waals surface area contributed by atoms with Crippen LogP contribution in [-0.4, -0.2) is 42.1 Å². The third-order valence-electron chi connectivity index (χ3n) is 3.60. The van der Waals surface area contributed by atoms with E-state index in [9.17, 15) is 4.79 Å². The molecule has 0 unspecified atom stereocenters. The first-order valence-corrected chi connectivity index (χ1v) is 8.73. The molecular weight excluding hydrogens is 380 g/mol. The van der Waals surface area contributed by atoms with Crippen LogP contribution in [0, 0.1) is 0 Å². The molecular formula is C16H20BrClN4O. The number of amides is 2. The Kier molecular flexibility index (Phi) is 6.62. The van der Waals surface area contributed by atoms with Crippen molar-refractivity contribution in [3.05, 3.63) is 33.9 Å². The van der Waals surface area contributed by atoms with Crippen LogP contribution in [0.25, 0.3) is 10.9 Å². The molecule has 2 N–H and O–H groups in total. The lowest BCUT2D eigenvalue weighted by Crippen LogP contribution is -2.36. The van der Waals surface area contributed by atoms with Gasteiger partial charge in [-0.2, -0.15) is 0 Å². The second-order valence-electron chi connectivity index (χ2n) is 5.06. The van der Waals surface area contributed by atoms with E-state index in [4.69, 9.17) is 11.6 Å². The van der Waals surface area contributed by atoms with Gasteiger partial charge in [-0.3, -0.25) is 0 Å². The summed E-state index contributed by atoms with van der Waals surface area (Å²) in [4.78, 5) is 18.6. The van der Waals surface area contributed by atoms with Crippen LogP contribution in [0.5, 0.6) is 0 Å². The monoisotopic (exact) mass is 398 g/mol. The normalized spacial score (nSPS) is 11.0. The van der Waals surface area contributed by atoms with Crippen molar-refractivity contribution in [3.8, 4) is 0 Å². The van der Waals surface area contributed by atoms with Gasteiger partial charge >= 0.3 is 6.03 Å². The number of rotatable bonds is 6. The Morgan fingerprint density at radius 2 is 2.04 bits per heavy atom. The Bertz CT molecular complexity index is 691. The van der Waals surface area contributed by atoms with Crippen molar-refractivity contribution in [2.24, 2.45) is 0 Å². The molecule has 2 aromatic rings. The number of likely N-dealkylation sites (N-methyl/N-ethyl adjacent to an activating group) is 1. The first kappa shape index (κ1) is 18.0. The number of hydrogen-bond donors (Lipinski definition) is 2. The van der Waals surface area contributed by atoms with E-state index in [-0.39, 0.29) is 6.03 Å². The lowest BCUT2D eigenvalue weighted by Gasteiger charge is -2.18. The molecule has 0 fully saturated rings. The highest BCUT2D eigenvalue weighted by Crippen LogP contribution is 2.28. The largest absolute Gasteiger partial charge is 0.337 e. The summed E-state index contributed by atoms with van der Waals surface area (Å²) in [5.41, 5.74) is 1.38. The van der Waals surface area contributed by atoms with Crippen LogP contribution in [0.3, 0.4) is 0 Å². The predicted octanol–water partition coefficient (Wildman–Crippen LogP) is 4.11. The topological polar surface area (TPSA) is 57.3 Å². The third-order valence-corrected chi connectivity index (χ3v) is 4.28. The molecule has 0 radical (unpaired) electrons. The summed E-state index contributed by atoms with van der Waals surface area (Å²) in [5.74, 6) is 0. The molecule has 1 aromatic carbocycles. The minimum absolute atomic E-state index is 0.249. The average Bonchev–Trinajstić information content (AvgIpc) is 2.52. The van der Waals surface area contributed by atoms with Gasteiger partial charge in [-0.25, -0.2) is 9.78 Å². The van der Waals surface area contributed by atoms with E-state index < -0.39 is 0 Å². The van der Waals surface area contributed by atoms with Crippen molar-refractivity contribution in [1.82, 2.24) is 15.2 Å². The summed E-state index contributed by atoms with van der Waals surface area (Å²) in [7, 11) is 0. The molecule has 2 amide bonds. The van der Waals surface area contributed by atoms with Gasteiger partial charge in [0.05, 0.1) is 11.2 Å². The summed E-state index contributed by atoms with van der Waals surface area (Å²) >= 11 is 9.46. The molecule has 0 spiro atoms. The molecule has 0 atom stereocenters. The van der Waals surface area contributed by atoms with Crippen molar-refractivity contribution in [3.63, 3.8) is 0 Å². The van der Waals surface area contributed by atoms with E-state index >= 15 is 0 Å². The van der Waals surface area contributed by atoms with Crippen LogP contribution in [0.1, 0.15) is 13.8 Å². The van der Waals surface area contributed by atoms with Crippen LogP contribution in [0.4, 0.5) is 10.5 Å². The summed E-state index contributed by atoms with van der Waals surface area (Å²) in [5, 5.41) is 6.89. The summed E-state index contributed by atoms with van der Waals surface area (Å²) in [6.07, 6.45) is 0. The number of halogens is 2. The number of urea groups is 1. The minimum Gasteiger partial charge on any atom is -0.337 e. The Labute approximate surface area is 149 Å². The molecule has 2 rings (SSSR count). The molecule has 0 aliphatic carbocycles. The van der Waals surface area contributed by atoms with E-state index in [0.29, 0.717) is 17.4 Å². The van der Waals surface area contributed by atoms with Gasteiger partial charge in [0.15, 0.2) is 0 Å². The lowest BCUT2D eigenvalue weighted by atomic mass is 10.2. The van der Waals surface area contributed by atoms with E-state index in [1.165, 1.54) is 0 Å². The van der Waals surface area contributed by atoms with Crippen molar-refractivity contribution in [1.29, 1.82) is 0 Å². The number of anilines is 1. The van der Waals surface area contributed by atoms with Gasteiger partial charge in [0.2, 0.25) is 0 Å². The first-order valence-electron chi connectivity index (χ1n) is 7.56. The van der Waals surface area contributed by atoms with E-state index in [1.54, 1.807) is 6.07 Å². The number of nitrogens with zero attached hydrogens (tertiary/aromatic N) is 2. The summed E-state index contributed by atoms with van der Waals surface area (Å²) < 4.78 is 0.916. The van der Waals surface area contributed by atoms with Crippen molar-refractivity contribution in [2.75, 3.05) is 31.5 Å². The maximum Gasteiger partial charge on any atom is 0.319 e. The quantitative estimate of drug-likeness (QED) is 0.719. The minimum atomic E-state index is -0.249. The predicted molar refractivity (Wildman–Crippen MR) is 99.3 cm³/mol. The van der Waals surface area contributed by atoms with Crippen molar-refractivity contribution < 1.29 is 4.79 Å². The van der Waals surface area contributed by atoms with Crippen LogP contribution < -0.4 is 10.6 Å². The highest BCUT2D eigenvalue weighted by Gasteiger charge is 2.09. The Hall–Kier alpha value is -1.37. The van der Waals surface area contributed by atoms with Crippen molar-refractivity contribution in [2.45, 2.75) is 13.8 Å². The lowest BCUT2D eigenvalue weighted by molar-refractivity contribution is 0.248. The summed E-state index contributed by atoms with van der Waals surface area (Å²) in [6.45, 7) is 7.56. The van der Waals surface area contributed by atoms with E-state index in [0.717, 1.165) is 35.0 Å². The van der Waals surface area contributed by atoms with Crippen LogP contribution in [0.15, 0.2) is 28.7 Å². The fraction of sp³-hybridized carbons (Fsp3) is 0.375. The standard InChI is InChI=1S/C16H20BrClN4O/c1-3-22(4-2)8-7-19-16(23)21-14-10-15(18)20-13-6-5-11(17)9-12(13)14/h5-6,9-10H,3-4,7-8H2,1-2H3,(H2,19,20,21,23). The third kappa shape index (κ3) is 5.06. The number of hydrogen-bond acceptors (Lipinski definition) is 3. The fourth-order valence-electron chi connectivity index (χ4n) is 2.30. The number of carbonyl (C=O) groups is 1. The molecule has 1 aromatic heterocycles. The molecule has 5 nitrogen and oxygen atoms in total. The smallest absolute Gasteiger partial charge is 0.319 e. The van der Waals surface area contributed by atoms with Gasteiger partial charge in [0.1, 0.15) is 5.15 Å².